The summed E-state index contributed by atoms with van der Waals surface area (Å²) in [5.41, 5.74) is 3.74. The lowest BCUT2D eigenvalue weighted by Crippen LogP contribution is -2.47. The van der Waals surface area contributed by atoms with Crippen molar-refractivity contribution in [2.75, 3.05) is 22.1 Å². The predicted molar refractivity (Wildman–Crippen MR) is 95.6 cm³/mol. The normalized spacial score (nSPS) is 20.2. The van der Waals surface area contributed by atoms with Gasteiger partial charge in [0.15, 0.2) is 0 Å². The van der Waals surface area contributed by atoms with Crippen LogP contribution in [0, 0.1) is 0 Å². The van der Waals surface area contributed by atoms with Crippen molar-refractivity contribution in [3.05, 3.63) is 36.2 Å². The topological polar surface area (TPSA) is 79.3 Å². The van der Waals surface area contributed by atoms with Gasteiger partial charge in [-0.1, -0.05) is 0 Å². The Labute approximate surface area is 146 Å². The minimum Gasteiger partial charge on any atom is -0.374 e. The molecule has 7 nitrogen and oxygen atoms in total. The molecule has 7 heteroatoms. The number of aryl methyl sites for hydroxylation is 2. The first kappa shape index (κ1) is 15.7. The third-order valence-corrected chi connectivity index (χ3v) is 4.78. The summed E-state index contributed by atoms with van der Waals surface area (Å²) in [5.74, 6) is 0.132. The summed E-state index contributed by atoms with van der Waals surface area (Å²) in [5, 5.41) is 10.4. The summed E-state index contributed by atoms with van der Waals surface area (Å²) in [6, 6.07) is 5.61. The fraction of sp³-hybridized carbons (Fsp3) is 0.389. The molecule has 3 heterocycles. The molecule has 2 N–H and O–H groups in total. The molecule has 130 valence electrons. The molecule has 0 radical (unpaired) electrons. The molecular weight excluding hydrogens is 318 g/mol. The second-order valence-corrected chi connectivity index (χ2v) is 6.62. The molecule has 4 rings (SSSR count). The van der Waals surface area contributed by atoms with Crippen LogP contribution >= 0.6 is 0 Å². The van der Waals surface area contributed by atoms with Gasteiger partial charge in [0, 0.05) is 37.6 Å². The summed E-state index contributed by atoms with van der Waals surface area (Å²) in [7, 11) is 1.85. The zero-order valence-corrected chi connectivity index (χ0v) is 14.2. The number of benzene rings is 1. The lowest BCUT2D eigenvalue weighted by molar-refractivity contribution is -0.120. The van der Waals surface area contributed by atoms with Crippen molar-refractivity contribution in [1.29, 1.82) is 0 Å². The number of rotatable bonds is 3. The van der Waals surface area contributed by atoms with E-state index in [0.29, 0.717) is 6.42 Å². The maximum Gasteiger partial charge on any atom is 0.249 e. The van der Waals surface area contributed by atoms with Gasteiger partial charge in [-0.2, -0.15) is 5.10 Å². The Kier molecular flexibility index (Phi) is 3.91. The minimum absolute atomic E-state index is 0.0581. The van der Waals surface area contributed by atoms with E-state index in [-0.39, 0.29) is 17.9 Å². The van der Waals surface area contributed by atoms with E-state index in [1.165, 1.54) is 0 Å². The largest absolute Gasteiger partial charge is 0.374 e. The van der Waals surface area contributed by atoms with Crippen molar-refractivity contribution in [2.24, 2.45) is 7.05 Å². The van der Waals surface area contributed by atoms with Crippen LogP contribution in [0.15, 0.2) is 30.6 Å². The molecule has 0 spiro atoms. The first-order chi connectivity index (χ1) is 12.1. The first-order valence-electron chi connectivity index (χ1n) is 8.59. The van der Waals surface area contributed by atoms with Crippen molar-refractivity contribution in [3.8, 4) is 0 Å². The van der Waals surface area contributed by atoms with Crippen LogP contribution in [-0.4, -0.2) is 34.2 Å². The molecule has 2 aliphatic rings. The summed E-state index contributed by atoms with van der Waals surface area (Å²) in [4.78, 5) is 26.1. The van der Waals surface area contributed by atoms with E-state index in [1.54, 1.807) is 15.8 Å². The van der Waals surface area contributed by atoms with E-state index < -0.39 is 0 Å². The molecule has 1 aromatic carbocycles. The van der Waals surface area contributed by atoms with Crippen LogP contribution in [0.2, 0.25) is 0 Å². The molecule has 2 aromatic rings. The third kappa shape index (κ3) is 3.09. The highest BCUT2D eigenvalue weighted by atomic mass is 16.2. The Morgan fingerprint density at radius 3 is 2.96 bits per heavy atom. The second-order valence-electron chi connectivity index (χ2n) is 6.62. The van der Waals surface area contributed by atoms with Gasteiger partial charge in [-0.3, -0.25) is 14.3 Å². The van der Waals surface area contributed by atoms with Gasteiger partial charge in [-0.15, -0.1) is 0 Å². The molecule has 0 saturated carbocycles. The number of hydrogen-bond donors (Lipinski definition) is 2. The number of hydrogen-bond acceptors (Lipinski definition) is 4. The van der Waals surface area contributed by atoms with Gasteiger partial charge >= 0.3 is 0 Å². The summed E-state index contributed by atoms with van der Waals surface area (Å²) >= 11 is 0. The van der Waals surface area contributed by atoms with E-state index >= 15 is 0 Å². The minimum atomic E-state index is -0.245. The van der Waals surface area contributed by atoms with Gasteiger partial charge < -0.3 is 15.5 Å². The van der Waals surface area contributed by atoms with E-state index in [1.807, 2.05) is 31.4 Å². The highest BCUT2D eigenvalue weighted by Gasteiger charge is 2.30. The smallest absolute Gasteiger partial charge is 0.249 e. The Bertz CT molecular complexity index is 829. The molecular formula is C18H21N5O2. The highest BCUT2D eigenvalue weighted by Crippen LogP contribution is 2.28. The van der Waals surface area contributed by atoms with Crippen molar-refractivity contribution >= 4 is 28.9 Å². The monoisotopic (exact) mass is 339 g/mol. The quantitative estimate of drug-likeness (QED) is 0.895. The molecule has 0 aliphatic carbocycles. The zero-order valence-electron chi connectivity index (χ0n) is 14.2. The lowest BCUT2D eigenvalue weighted by Gasteiger charge is -2.32. The van der Waals surface area contributed by atoms with Crippen LogP contribution in [0.4, 0.5) is 17.1 Å². The molecule has 2 aliphatic heterocycles. The molecule has 0 unspecified atom stereocenters. The van der Waals surface area contributed by atoms with Crippen molar-refractivity contribution in [2.45, 2.75) is 31.7 Å². The van der Waals surface area contributed by atoms with Crippen molar-refractivity contribution < 1.29 is 9.59 Å². The van der Waals surface area contributed by atoms with Crippen LogP contribution in [0.5, 0.6) is 0 Å². The summed E-state index contributed by atoms with van der Waals surface area (Å²) < 4.78 is 1.71. The van der Waals surface area contributed by atoms with E-state index in [9.17, 15) is 9.59 Å². The van der Waals surface area contributed by atoms with Crippen molar-refractivity contribution in [3.63, 3.8) is 0 Å². The Hall–Kier alpha value is -2.83. The van der Waals surface area contributed by atoms with E-state index in [2.05, 4.69) is 15.7 Å². The predicted octanol–water partition coefficient (Wildman–Crippen LogP) is 1.91. The molecule has 25 heavy (non-hydrogen) atoms. The Morgan fingerprint density at radius 2 is 2.16 bits per heavy atom. The number of aromatic nitrogens is 2. The number of nitrogens with zero attached hydrogens (tertiary/aromatic N) is 3. The number of carbonyl (C=O) groups is 2. The van der Waals surface area contributed by atoms with Gasteiger partial charge in [0.1, 0.15) is 6.04 Å². The van der Waals surface area contributed by atoms with Gasteiger partial charge in [0.2, 0.25) is 11.8 Å². The van der Waals surface area contributed by atoms with Crippen LogP contribution in [-0.2, 0) is 23.1 Å². The lowest BCUT2D eigenvalue weighted by atomic mass is 10.0. The fourth-order valence-corrected chi connectivity index (χ4v) is 3.49. The summed E-state index contributed by atoms with van der Waals surface area (Å²) in [6.07, 6.45) is 6.58. The number of carbonyl (C=O) groups excluding carboxylic acids is 2. The van der Waals surface area contributed by atoms with Crippen LogP contribution < -0.4 is 15.5 Å². The fourth-order valence-electron chi connectivity index (χ4n) is 3.49. The Balaban J connectivity index is 1.50. The van der Waals surface area contributed by atoms with Gasteiger partial charge in [0.25, 0.3) is 0 Å². The number of fused-ring (bicyclic) bond motifs is 1. The zero-order chi connectivity index (χ0) is 17.4. The van der Waals surface area contributed by atoms with Crippen LogP contribution in [0.3, 0.4) is 0 Å². The van der Waals surface area contributed by atoms with E-state index in [0.717, 1.165) is 48.4 Å². The molecule has 1 aromatic heterocycles. The molecule has 1 fully saturated rings. The van der Waals surface area contributed by atoms with Crippen LogP contribution in [0.1, 0.15) is 24.8 Å². The molecule has 1 saturated heterocycles. The molecule has 1 atom stereocenters. The number of piperidine rings is 1. The van der Waals surface area contributed by atoms with Gasteiger partial charge in [-0.25, -0.2) is 0 Å². The molecule has 2 amide bonds. The average molecular weight is 339 g/mol. The standard InChI is InChI=1S/C18H21N5O2/c1-22-11-14(10-19-22)23-8-2-3-16(18(23)25)20-13-5-6-15-12(9-13)4-7-17(24)21-15/h5-6,9-11,16,20H,2-4,7-8H2,1H3,(H,21,24)/t16-/m1/s1. The number of nitrogens with one attached hydrogen (secondary N) is 2. The first-order valence-corrected chi connectivity index (χ1v) is 8.59. The number of anilines is 3. The number of amides is 2. The second kappa shape index (κ2) is 6.23. The molecule has 0 bridgehead atoms. The maximum absolute atomic E-state index is 12.8. The van der Waals surface area contributed by atoms with E-state index in [4.69, 9.17) is 0 Å². The summed E-state index contributed by atoms with van der Waals surface area (Å²) in [6.45, 7) is 0.721. The highest BCUT2D eigenvalue weighted by molar-refractivity contribution is 5.99. The SMILES string of the molecule is Cn1cc(N2CCC[C@@H](Nc3ccc4c(c3)CCC(=O)N4)C2=O)cn1. The van der Waals surface area contributed by atoms with Crippen LogP contribution in [0.25, 0.3) is 0 Å². The van der Waals surface area contributed by atoms with Crippen molar-refractivity contribution in [1.82, 2.24) is 9.78 Å². The maximum atomic E-state index is 12.8. The third-order valence-electron chi connectivity index (χ3n) is 4.78. The average Bonchev–Trinajstić information content (AvgIpc) is 3.03. The van der Waals surface area contributed by atoms with Gasteiger partial charge in [-0.05, 0) is 43.0 Å². The van der Waals surface area contributed by atoms with Gasteiger partial charge in [0.05, 0.1) is 11.9 Å². The Morgan fingerprint density at radius 1 is 1.28 bits per heavy atom.